The van der Waals surface area contributed by atoms with Crippen molar-refractivity contribution in [2.24, 2.45) is 5.73 Å². The van der Waals surface area contributed by atoms with Crippen molar-refractivity contribution in [1.29, 1.82) is 0 Å². The molecule has 0 saturated heterocycles. The second-order valence-electron chi connectivity index (χ2n) is 6.39. The minimum Gasteiger partial charge on any atom is -0.350 e. The van der Waals surface area contributed by atoms with Gasteiger partial charge in [-0.2, -0.15) is 0 Å². The molecule has 2 rings (SSSR count). The molecule has 1 aliphatic carbocycles. The van der Waals surface area contributed by atoms with Crippen LogP contribution in [-0.4, -0.2) is 11.9 Å². The topological polar surface area (TPSA) is 55.1 Å². The minimum atomic E-state index is 0.0834. The van der Waals surface area contributed by atoms with Gasteiger partial charge in [-0.05, 0) is 69.1 Å². The molecule has 0 aromatic heterocycles. The number of amides is 1. The molecule has 0 radical (unpaired) electrons. The number of carbonyl (C=O) groups is 1. The Balaban J connectivity index is 1.88. The average Bonchev–Trinajstić information content (AvgIpc) is 2.46. The van der Waals surface area contributed by atoms with Gasteiger partial charge in [0, 0.05) is 12.5 Å². The smallest absolute Gasteiger partial charge is 0.220 e. The zero-order chi connectivity index (χ0) is 15.2. The van der Waals surface area contributed by atoms with Crippen molar-refractivity contribution < 1.29 is 4.79 Å². The number of hydrogen-bond donors (Lipinski definition) is 2. The molecule has 1 aliphatic rings. The molecule has 3 N–H and O–H groups in total. The molecule has 0 aliphatic heterocycles. The van der Waals surface area contributed by atoms with Crippen LogP contribution in [0.25, 0.3) is 0 Å². The molecule has 1 amide bonds. The predicted octanol–water partition coefficient (Wildman–Crippen LogP) is 3.26. The zero-order valence-corrected chi connectivity index (χ0v) is 13.3. The summed E-state index contributed by atoms with van der Waals surface area (Å²) in [6.45, 7) is 4.04. The first kappa shape index (κ1) is 16.0. The van der Waals surface area contributed by atoms with Crippen molar-refractivity contribution in [3.8, 4) is 0 Å². The van der Waals surface area contributed by atoms with Crippen LogP contribution in [0.2, 0.25) is 0 Å². The summed E-state index contributed by atoms with van der Waals surface area (Å²) < 4.78 is 0. The number of carbonyl (C=O) groups excluding carboxylic acids is 1. The van der Waals surface area contributed by atoms with E-state index in [0.29, 0.717) is 6.42 Å². The normalized spacial score (nSPS) is 16.9. The quantitative estimate of drug-likeness (QED) is 0.844. The second kappa shape index (κ2) is 7.60. The first-order chi connectivity index (χ1) is 10.1. The lowest BCUT2D eigenvalue weighted by Gasteiger charge is -2.20. The molecule has 2 unspecified atom stereocenters. The van der Waals surface area contributed by atoms with Crippen LogP contribution in [0, 0.1) is 0 Å². The number of aryl methyl sites for hydroxylation is 2. The highest BCUT2D eigenvalue weighted by Gasteiger charge is 2.14. The minimum absolute atomic E-state index is 0.0834. The van der Waals surface area contributed by atoms with E-state index in [2.05, 4.69) is 30.4 Å². The summed E-state index contributed by atoms with van der Waals surface area (Å²) in [4.78, 5) is 11.9. The van der Waals surface area contributed by atoms with Gasteiger partial charge in [-0.15, -0.1) is 0 Å². The third-order valence-corrected chi connectivity index (χ3v) is 4.31. The highest BCUT2D eigenvalue weighted by atomic mass is 16.1. The van der Waals surface area contributed by atoms with Crippen molar-refractivity contribution in [3.63, 3.8) is 0 Å². The van der Waals surface area contributed by atoms with Crippen LogP contribution in [0.3, 0.4) is 0 Å². The Morgan fingerprint density at radius 3 is 2.67 bits per heavy atom. The van der Waals surface area contributed by atoms with Crippen LogP contribution < -0.4 is 11.1 Å². The van der Waals surface area contributed by atoms with Crippen LogP contribution in [0.5, 0.6) is 0 Å². The summed E-state index contributed by atoms with van der Waals surface area (Å²) in [6, 6.07) is 6.94. The highest BCUT2D eigenvalue weighted by Crippen LogP contribution is 2.24. The van der Waals surface area contributed by atoms with Gasteiger partial charge in [0.2, 0.25) is 5.91 Å². The number of fused-ring (bicyclic) bond motifs is 1. The van der Waals surface area contributed by atoms with E-state index >= 15 is 0 Å². The van der Waals surface area contributed by atoms with E-state index in [4.69, 9.17) is 5.73 Å². The lowest BCUT2D eigenvalue weighted by molar-refractivity contribution is -0.121. The number of rotatable bonds is 6. The first-order valence-electron chi connectivity index (χ1n) is 8.23. The first-order valence-corrected chi connectivity index (χ1v) is 8.23. The molecular weight excluding hydrogens is 260 g/mol. The van der Waals surface area contributed by atoms with Crippen molar-refractivity contribution in [3.05, 3.63) is 34.9 Å². The van der Waals surface area contributed by atoms with E-state index in [1.165, 1.54) is 42.4 Å². The van der Waals surface area contributed by atoms with Crippen LogP contribution in [0.4, 0.5) is 0 Å². The van der Waals surface area contributed by atoms with E-state index in [0.717, 1.165) is 12.8 Å². The van der Waals surface area contributed by atoms with E-state index in [1.54, 1.807) is 0 Å². The maximum absolute atomic E-state index is 11.9. The SMILES string of the molecule is CC(N)CCCC(=O)NC(C)c1ccc2c(c1)CCCC2. The molecule has 1 aromatic carbocycles. The van der Waals surface area contributed by atoms with Crippen LogP contribution in [0.15, 0.2) is 18.2 Å². The molecule has 3 heteroatoms. The third-order valence-electron chi connectivity index (χ3n) is 4.31. The molecule has 21 heavy (non-hydrogen) atoms. The molecular formula is C18H28N2O. The zero-order valence-electron chi connectivity index (χ0n) is 13.3. The van der Waals surface area contributed by atoms with Gasteiger partial charge in [0.1, 0.15) is 0 Å². The monoisotopic (exact) mass is 288 g/mol. The molecule has 116 valence electrons. The maximum Gasteiger partial charge on any atom is 0.220 e. The van der Waals surface area contributed by atoms with Crippen molar-refractivity contribution >= 4 is 5.91 Å². The summed E-state index contributed by atoms with van der Waals surface area (Å²) in [5, 5.41) is 3.10. The van der Waals surface area contributed by atoms with Crippen LogP contribution in [0.1, 0.15) is 68.7 Å². The predicted molar refractivity (Wildman–Crippen MR) is 87.1 cm³/mol. The summed E-state index contributed by atoms with van der Waals surface area (Å²) in [6.07, 6.45) is 7.30. The van der Waals surface area contributed by atoms with Crippen LogP contribution in [-0.2, 0) is 17.6 Å². The standard InChI is InChI=1S/C18H28N2O/c1-13(19)6-5-9-18(21)20-14(2)16-11-10-15-7-3-4-8-17(15)12-16/h10-14H,3-9,19H2,1-2H3,(H,20,21). The molecule has 0 spiro atoms. The van der Waals surface area contributed by atoms with E-state index in [1.807, 2.05) is 6.92 Å². The van der Waals surface area contributed by atoms with Gasteiger partial charge >= 0.3 is 0 Å². The Morgan fingerprint density at radius 2 is 1.95 bits per heavy atom. The van der Waals surface area contributed by atoms with E-state index < -0.39 is 0 Å². The van der Waals surface area contributed by atoms with Gasteiger partial charge in [0.15, 0.2) is 0 Å². The van der Waals surface area contributed by atoms with E-state index in [-0.39, 0.29) is 18.0 Å². The Hall–Kier alpha value is -1.35. The summed E-state index contributed by atoms with van der Waals surface area (Å²) in [7, 11) is 0. The molecule has 0 heterocycles. The number of benzene rings is 1. The van der Waals surface area contributed by atoms with Crippen LogP contribution >= 0.6 is 0 Å². The molecule has 1 aromatic rings. The van der Waals surface area contributed by atoms with Gasteiger partial charge in [-0.25, -0.2) is 0 Å². The number of nitrogens with one attached hydrogen (secondary N) is 1. The van der Waals surface area contributed by atoms with Crippen molar-refractivity contribution in [2.45, 2.75) is 70.9 Å². The molecule has 0 saturated carbocycles. The van der Waals surface area contributed by atoms with Gasteiger partial charge in [0.05, 0.1) is 6.04 Å². The van der Waals surface area contributed by atoms with Gasteiger partial charge < -0.3 is 11.1 Å². The fourth-order valence-electron chi connectivity index (χ4n) is 3.00. The number of nitrogens with two attached hydrogens (primary N) is 1. The Bertz CT molecular complexity index is 482. The van der Waals surface area contributed by atoms with Gasteiger partial charge in [0.25, 0.3) is 0 Å². The van der Waals surface area contributed by atoms with Gasteiger partial charge in [-0.1, -0.05) is 18.2 Å². The highest BCUT2D eigenvalue weighted by molar-refractivity contribution is 5.76. The Kier molecular flexibility index (Phi) is 5.80. The third kappa shape index (κ3) is 4.85. The second-order valence-corrected chi connectivity index (χ2v) is 6.39. The van der Waals surface area contributed by atoms with E-state index in [9.17, 15) is 4.79 Å². The molecule has 2 atom stereocenters. The molecule has 3 nitrogen and oxygen atoms in total. The Labute approximate surface area is 128 Å². The summed E-state index contributed by atoms with van der Waals surface area (Å²) >= 11 is 0. The fraction of sp³-hybridized carbons (Fsp3) is 0.611. The van der Waals surface area contributed by atoms with Crippen molar-refractivity contribution in [2.75, 3.05) is 0 Å². The molecule has 0 fully saturated rings. The Morgan fingerprint density at radius 1 is 1.24 bits per heavy atom. The lowest BCUT2D eigenvalue weighted by atomic mass is 9.89. The number of hydrogen-bond acceptors (Lipinski definition) is 2. The van der Waals surface area contributed by atoms with Gasteiger partial charge in [-0.3, -0.25) is 4.79 Å². The summed E-state index contributed by atoms with van der Waals surface area (Å²) in [5.41, 5.74) is 9.88. The lowest BCUT2D eigenvalue weighted by Crippen LogP contribution is -2.27. The van der Waals surface area contributed by atoms with Crippen molar-refractivity contribution in [1.82, 2.24) is 5.32 Å². The summed E-state index contributed by atoms with van der Waals surface area (Å²) in [5.74, 6) is 0.126. The largest absolute Gasteiger partial charge is 0.350 e. The molecule has 0 bridgehead atoms. The average molecular weight is 288 g/mol. The maximum atomic E-state index is 11.9. The fourth-order valence-corrected chi connectivity index (χ4v) is 3.00.